The zero-order chi connectivity index (χ0) is 17.8. The average Bonchev–Trinajstić information content (AvgIpc) is 2.45. The van der Waals surface area contributed by atoms with Crippen molar-refractivity contribution < 1.29 is 28.0 Å². The topological polar surface area (TPSA) is 92.5 Å². The molecule has 0 aliphatic rings. The fraction of sp³-hybridized carbons (Fsp3) is 0.500. The number of carbonyl (C=O) groups is 1. The summed E-state index contributed by atoms with van der Waals surface area (Å²) in [7, 11) is 0. The van der Waals surface area contributed by atoms with Gasteiger partial charge in [0.2, 0.25) is 0 Å². The largest absolute Gasteiger partial charge is 0.416 e. The molecule has 0 saturated carbocycles. The number of hydrogen-bond donors (Lipinski definition) is 2. The normalized spacial score (nSPS) is 13.0. The quantitative estimate of drug-likeness (QED) is 0.618. The molecule has 23 heavy (non-hydrogen) atoms. The fourth-order valence-electron chi connectivity index (χ4n) is 1.97. The van der Waals surface area contributed by atoms with Crippen molar-refractivity contribution in [2.24, 2.45) is 5.92 Å². The molecule has 0 aromatic heterocycles. The van der Waals surface area contributed by atoms with E-state index in [1.54, 1.807) is 13.8 Å². The first-order valence-electron chi connectivity index (χ1n) is 6.84. The Morgan fingerprint density at radius 2 is 1.96 bits per heavy atom. The van der Waals surface area contributed by atoms with Gasteiger partial charge in [0.1, 0.15) is 0 Å². The Balaban J connectivity index is 3.17. The molecular weight excluding hydrogens is 317 g/mol. The van der Waals surface area contributed by atoms with Crippen LogP contribution in [0.4, 0.5) is 18.9 Å². The molecule has 0 spiro atoms. The van der Waals surface area contributed by atoms with E-state index in [0.29, 0.717) is 12.1 Å². The summed E-state index contributed by atoms with van der Waals surface area (Å²) in [4.78, 5) is 21.9. The van der Waals surface area contributed by atoms with Crippen LogP contribution in [-0.4, -0.2) is 28.6 Å². The lowest BCUT2D eigenvalue weighted by Crippen LogP contribution is -2.39. The molecule has 0 radical (unpaired) electrons. The molecule has 0 bridgehead atoms. The van der Waals surface area contributed by atoms with E-state index in [2.05, 4.69) is 5.32 Å². The third-order valence-corrected chi connectivity index (χ3v) is 3.28. The van der Waals surface area contributed by atoms with Crippen molar-refractivity contribution in [2.45, 2.75) is 32.5 Å². The number of nitrogens with one attached hydrogen (secondary N) is 1. The first kappa shape index (κ1) is 18.9. The van der Waals surface area contributed by atoms with Gasteiger partial charge < -0.3 is 10.4 Å². The molecule has 0 aliphatic carbocycles. The van der Waals surface area contributed by atoms with Gasteiger partial charge in [0.15, 0.2) is 0 Å². The van der Waals surface area contributed by atoms with E-state index in [4.69, 9.17) is 5.11 Å². The maximum atomic E-state index is 12.8. The number of amides is 1. The van der Waals surface area contributed by atoms with Crippen molar-refractivity contribution in [1.29, 1.82) is 0 Å². The number of nitro benzene ring substituents is 1. The highest BCUT2D eigenvalue weighted by Gasteiger charge is 2.33. The summed E-state index contributed by atoms with van der Waals surface area (Å²) < 4.78 is 38.4. The van der Waals surface area contributed by atoms with E-state index >= 15 is 0 Å². The lowest BCUT2D eigenvalue weighted by molar-refractivity contribution is -0.385. The van der Waals surface area contributed by atoms with E-state index in [1.165, 1.54) is 0 Å². The molecule has 1 unspecified atom stereocenters. The van der Waals surface area contributed by atoms with Gasteiger partial charge in [-0.15, -0.1) is 0 Å². The number of aliphatic hydroxyl groups is 1. The molecule has 1 aromatic carbocycles. The van der Waals surface area contributed by atoms with Crippen LogP contribution in [0.25, 0.3) is 0 Å². The van der Waals surface area contributed by atoms with Gasteiger partial charge >= 0.3 is 6.18 Å². The predicted molar refractivity (Wildman–Crippen MR) is 75.9 cm³/mol. The average molecular weight is 334 g/mol. The molecule has 1 atom stereocenters. The first-order chi connectivity index (χ1) is 10.6. The fourth-order valence-corrected chi connectivity index (χ4v) is 1.97. The highest BCUT2D eigenvalue weighted by molar-refractivity contribution is 5.95. The van der Waals surface area contributed by atoms with Crippen molar-refractivity contribution in [1.82, 2.24) is 5.32 Å². The van der Waals surface area contributed by atoms with Crippen LogP contribution in [-0.2, 0) is 6.18 Å². The SMILES string of the molecule is CC(C)C(CCO)NC(=O)c1cc([N+](=O)[O-])cc(C(F)(F)F)c1. The molecule has 1 aromatic rings. The number of alkyl halides is 3. The number of aliphatic hydroxyl groups excluding tert-OH is 1. The molecule has 2 N–H and O–H groups in total. The second kappa shape index (κ2) is 7.40. The third kappa shape index (κ3) is 5.20. The number of nitrogens with zero attached hydrogens (tertiary/aromatic N) is 1. The highest BCUT2D eigenvalue weighted by atomic mass is 19.4. The molecule has 6 nitrogen and oxygen atoms in total. The van der Waals surface area contributed by atoms with Crippen molar-refractivity contribution in [3.8, 4) is 0 Å². The van der Waals surface area contributed by atoms with Crippen LogP contribution >= 0.6 is 0 Å². The van der Waals surface area contributed by atoms with Crippen molar-refractivity contribution in [2.75, 3.05) is 6.61 Å². The summed E-state index contributed by atoms with van der Waals surface area (Å²) in [6.07, 6.45) is -4.58. The molecule has 0 fully saturated rings. The van der Waals surface area contributed by atoms with Gasteiger partial charge in [-0.3, -0.25) is 14.9 Å². The van der Waals surface area contributed by atoms with E-state index in [0.717, 1.165) is 6.07 Å². The number of halogens is 3. The van der Waals surface area contributed by atoms with Crippen LogP contribution in [0.1, 0.15) is 36.2 Å². The zero-order valence-corrected chi connectivity index (χ0v) is 12.6. The standard InChI is InChI=1S/C14H17F3N2O4/c1-8(2)12(3-4-20)18-13(21)9-5-10(14(15,16)17)7-11(6-9)19(22)23/h5-8,12,20H,3-4H2,1-2H3,(H,18,21). The van der Waals surface area contributed by atoms with Crippen molar-refractivity contribution in [3.05, 3.63) is 39.4 Å². The van der Waals surface area contributed by atoms with Crippen LogP contribution in [0.3, 0.4) is 0 Å². The number of rotatable bonds is 6. The number of non-ortho nitro benzene ring substituents is 1. The second-order valence-electron chi connectivity index (χ2n) is 5.36. The van der Waals surface area contributed by atoms with E-state index < -0.39 is 39.9 Å². The maximum absolute atomic E-state index is 12.8. The van der Waals surface area contributed by atoms with Gasteiger partial charge in [0, 0.05) is 30.3 Å². The molecule has 1 amide bonds. The Kier molecular flexibility index (Phi) is 6.08. The summed E-state index contributed by atoms with van der Waals surface area (Å²) >= 11 is 0. The Hall–Kier alpha value is -2.16. The Bertz CT molecular complexity index is 588. The minimum absolute atomic E-state index is 0.0631. The first-order valence-corrected chi connectivity index (χ1v) is 6.84. The van der Waals surface area contributed by atoms with Gasteiger partial charge in [-0.1, -0.05) is 13.8 Å². The Morgan fingerprint density at radius 1 is 1.35 bits per heavy atom. The minimum Gasteiger partial charge on any atom is -0.396 e. The van der Waals surface area contributed by atoms with Crippen LogP contribution in [0.5, 0.6) is 0 Å². The van der Waals surface area contributed by atoms with Crippen molar-refractivity contribution >= 4 is 11.6 Å². The summed E-state index contributed by atoms with van der Waals surface area (Å²) in [5.74, 6) is -0.918. The second-order valence-corrected chi connectivity index (χ2v) is 5.36. The molecule has 1 rings (SSSR count). The molecular formula is C14H17F3N2O4. The molecule has 0 aliphatic heterocycles. The summed E-state index contributed by atoms with van der Waals surface area (Å²) in [5.41, 5.74) is -2.52. The Labute approximate surface area is 130 Å². The van der Waals surface area contributed by atoms with E-state index in [9.17, 15) is 28.1 Å². The molecule has 0 heterocycles. The number of nitro groups is 1. The smallest absolute Gasteiger partial charge is 0.396 e. The number of hydrogen-bond acceptors (Lipinski definition) is 4. The predicted octanol–water partition coefficient (Wildman–Crippen LogP) is 2.75. The van der Waals surface area contributed by atoms with Gasteiger partial charge in [-0.05, 0) is 18.4 Å². The van der Waals surface area contributed by atoms with Gasteiger partial charge in [0.25, 0.3) is 11.6 Å². The van der Waals surface area contributed by atoms with Crippen LogP contribution in [0.2, 0.25) is 0 Å². The Morgan fingerprint density at radius 3 is 2.39 bits per heavy atom. The third-order valence-electron chi connectivity index (χ3n) is 3.28. The lowest BCUT2D eigenvalue weighted by Gasteiger charge is -2.21. The van der Waals surface area contributed by atoms with Gasteiger partial charge in [-0.25, -0.2) is 0 Å². The molecule has 0 saturated heterocycles. The number of benzene rings is 1. The summed E-state index contributed by atoms with van der Waals surface area (Å²) in [6, 6.07) is 1.28. The van der Waals surface area contributed by atoms with E-state index in [1.807, 2.05) is 0 Å². The molecule has 9 heteroatoms. The lowest BCUT2D eigenvalue weighted by atomic mass is 10.0. The van der Waals surface area contributed by atoms with Gasteiger partial charge in [0.05, 0.1) is 10.5 Å². The van der Waals surface area contributed by atoms with Crippen LogP contribution in [0.15, 0.2) is 18.2 Å². The van der Waals surface area contributed by atoms with E-state index in [-0.39, 0.29) is 18.9 Å². The minimum atomic E-state index is -4.80. The number of carbonyl (C=O) groups excluding carboxylic acids is 1. The maximum Gasteiger partial charge on any atom is 0.416 e. The van der Waals surface area contributed by atoms with Crippen molar-refractivity contribution in [3.63, 3.8) is 0 Å². The summed E-state index contributed by atoms with van der Waals surface area (Å²) in [6.45, 7) is 3.34. The van der Waals surface area contributed by atoms with Gasteiger partial charge in [-0.2, -0.15) is 13.2 Å². The van der Waals surface area contributed by atoms with Crippen LogP contribution < -0.4 is 5.32 Å². The monoisotopic (exact) mass is 334 g/mol. The summed E-state index contributed by atoms with van der Waals surface area (Å²) in [5, 5.41) is 22.2. The molecule has 128 valence electrons. The van der Waals surface area contributed by atoms with Crippen LogP contribution in [0, 0.1) is 16.0 Å². The highest BCUT2D eigenvalue weighted by Crippen LogP contribution is 2.32. The zero-order valence-electron chi connectivity index (χ0n) is 12.6.